The van der Waals surface area contributed by atoms with Crippen LogP contribution in [0.2, 0.25) is 0 Å². The Morgan fingerprint density at radius 3 is 2.62 bits per heavy atom. The molecule has 0 aliphatic rings. The summed E-state index contributed by atoms with van der Waals surface area (Å²) in [6.07, 6.45) is 0.831. The molecule has 0 amide bonds. The third-order valence-electron chi connectivity index (χ3n) is 3.00. The molecule has 86 valence electrons. The first kappa shape index (κ1) is 11.1. The van der Waals surface area contributed by atoms with Crippen molar-refractivity contribution < 1.29 is 4.39 Å². The fourth-order valence-corrected chi connectivity index (χ4v) is 2.07. The Labute approximate surface area is 95.1 Å². The van der Waals surface area contributed by atoms with Gasteiger partial charge >= 0.3 is 0 Å². The van der Waals surface area contributed by atoms with Gasteiger partial charge in [-0.05, 0) is 30.0 Å². The van der Waals surface area contributed by atoms with E-state index < -0.39 is 0 Å². The van der Waals surface area contributed by atoms with Crippen molar-refractivity contribution in [1.29, 1.82) is 0 Å². The molecule has 0 fully saturated rings. The van der Waals surface area contributed by atoms with E-state index in [1.165, 1.54) is 0 Å². The summed E-state index contributed by atoms with van der Waals surface area (Å²) in [7, 11) is 1.91. The van der Waals surface area contributed by atoms with Crippen molar-refractivity contribution in [2.45, 2.75) is 33.1 Å². The molecule has 0 N–H and O–H groups in total. The van der Waals surface area contributed by atoms with Crippen molar-refractivity contribution in [3.8, 4) is 0 Å². The average molecular weight is 220 g/mol. The van der Waals surface area contributed by atoms with Gasteiger partial charge < -0.3 is 0 Å². The number of benzene rings is 1. The van der Waals surface area contributed by atoms with Crippen LogP contribution in [0.5, 0.6) is 0 Å². The Morgan fingerprint density at radius 1 is 1.38 bits per heavy atom. The van der Waals surface area contributed by atoms with Gasteiger partial charge in [-0.15, -0.1) is 0 Å². The minimum atomic E-state index is -0.120. The molecule has 0 spiro atoms. The predicted molar refractivity (Wildman–Crippen MR) is 64.1 cm³/mol. The molecule has 0 atom stereocenters. The van der Waals surface area contributed by atoms with Crippen LogP contribution in [0, 0.1) is 5.82 Å². The summed E-state index contributed by atoms with van der Waals surface area (Å²) >= 11 is 0. The summed E-state index contributed by atoms with van der Waals surface area (Å²) in [5, 5.41) is 5.34. The summed E-state index contributed by atoms with van der Waals surface area (Å²) in [6.45, 7) is 6.04. The van der Waals surface area contributed by atoms with Crippen molar-refractivity contribution in [2.24, 2.45) is 7.05 Å². The van der Waals surface area contributed by atoms with E-state index in [1.54, 1.807) is 6.07 Å². The molecule has 16 heavy (non-hydrogen) atoms. The van der Waals surface area contributed by atoms with Crippen molar-refractivity contribution in [2.75, 3.05) is 0 Å². The number of hydrogen-bond acceptors (Lipinski definition) is 1. The van der Waals surface area contributed by atoms with Crippen LogP contribution in [0.25, 0.3) is 10.9 Å². The first-order chi connectivity index (χ1) is 7.54. The van der Waals surface area contributed by atoms with Crippen LogP contribution in [0.1, 0.15) is 37.9 Å². The molecule has 0 aliphatic carbocycles. The van der Waals surface area contributed by atoms with Crippen LogP contribution < -0.4 is 0 Å². The van der Waals surface area contributed by atoms with Gasteiger partial charge in [0.1, 0.15) is 5.82 Å². The van der Waals surface area contributed by atoms with Gasteiger partial charge in [0.05, 0.1) is 11.2 Å². The van der Waals surface area contributed by atoms with E-state index in [0.717, 1.165) is 28.6 Å². The van der Waals surface area contributed by atoms with Gasteiger partial charge in [-0.25, -0.2) is 4.39 Å². The highest BCUT2D eigenvalue weighted by molar-refractivity contribution is 5.83. The SMILES string of the molecule is CCc1nn(C)c2cc(C(C)C)c(F)cc12. The van der Waals surface area contributed by atoms with Crippen molar-refractivity contribution >= 4 is 10.9 Å². The molecule has 2 aromatic rings. The summed E-state index contributed by atoms with van der Waals surface area (Å²) < 4.78 is 15.7. The van der Waals surface area contributed by atoms with Crippen LogP contribution in [0.4, 0.5) is 4.39 Å². The summed E-state index contributed by atoms with van der Waals surface area (Å²) in [6, 6.07) is 3.54. The quantitative estimate of drug-likeness (QED) is 0.758. The maximum atomic E-state index is 13.9. The zero-order valence-electron chi connectivity index (χ0n) is 10.2. The summed E-state index contributed by atoms with van der Waals surface area (Å²) in [4.78, 5) is 0. The van der Waals surface area contributed by atoms with Crippen LogP contribution in [-0.4, -0.2) is 9.78 Å². The highest BCUT2D eigenvalue weighted by Gasteiger charge is 2.13. The van der Waals surface area contributed by atoms with Crippen LogP contribution >= 0.6 is 0 Å². The Morgan fingerprint density at radius 2 is 2.06 bits per heavy atom. The lowest BCUT2D eigenvalue weighted by molar-refractivity contribution is 0.600. The normalized spacial score (nSPS) is 11.6. The molecule has 0 saturated heterocycles. The number of fused-ring (bicyclic) bond motifs is 1. The molecule has 2 nitrogen and oxygen atoms in total. The molecular formula is C13H17FN2. The zero-order valence-corrected chi connectivity index (χ0v) is 10.2. The lowest BCUT2D eigenvalue weighted by atomic mass is 10.0. The molecule has 3 heteroatoms. The number of rotatable bonds is 2. The Kier molecular flexibility index (Phi) is 2.70. The molecule has 1 heterocycles. The Bertz CT molecular complexity index is 526. The van der Waals surface area contributed by atoms with Gasteiger partial charge in [-0.2, -0.15) is 5.10 Å². The van der Waals surface area contributed by atoms with Gasteiger partial charge in [0, 0.05) is 12.4 Å². The number of hydrogen-bond donors (Lipinski definition) is 0. The summed E-state index contributed by atoms with van der Waals surface area (Å²) in [5.41, 5.74) is 2.74. The van der Waals surface area contributed by atoms with Gasteiger partial charge in [0.2, 0.25) is 0 Å². The van der Waals surface area contributed by atoms with Crippen molar-refractivity contribution in [1.82, 2.24) is 9.78 Å². The maximum absolute atomic E-state index is 13.9. The van der Waals surface area contributed by atoms with Gasteiger partial charge in [-0.1, -0.05) is 20.8 Å². The second kappa shape index (κ2) is 3.89. The van der Waals surface area contributed by atoms with E-state index in [9.17, 15) is 4.39 Å². The Balaban J connectivity index is 2.75. The standard InChI is InChI=1S/C13H17FN2/c1-5-12-10-6-11(14)9(8(2)3)7-13(10)16(4)15-12/h6-8H,5H2,1-4H3. The largest absolute Gasteiger partial charge is 0.268 e. The number of aromatic nitrogens is 2. The maximum Gasteiger partial charge on any atom is 0.127 e. The highest BCUT2D eigenvalue weighted by atomic mass is 19.1. The topological polar surface area (TPSA) is 17.8 Å². The highest BCUT2D eigenvalue weighted by Crippen LogP contribution is 2.26. The van der Waals surface area contributed by atoms with Crippen LogP contribution in [0.15, 0.2) is 12.1 Å². The van der Waals surface area contributed by atoms with Gasteiger partial charge in [-0.3, -0.25) is 4.68 Å². The lowest BCUT2D eigenvalue weighted by Gasteiger charge is -2.07. The molecule has 2 rings (SSSR count). The second-order valence-corrected chi connectivity index (χ2v) is 4.47. The predicted octanol–water partition coefficient (Wildman–Crippen LogP) is 3.40. The molecule has 0 unspecified atom stereocenters. The van der Waals surface area contributed by atoms with E-state index in [4.69, 9.17) is 0 Å². The molecule has 0 bridgehead atoms. The van der Waals surface area contributed by atoms with Crippen LogP contribution in [0.3, 0.4) is 0 Å². The van der Waals surface area contributed by atoms with E-state index in [0.29, 0.717) is 0 Å². The fraction of sp³-hybridized carbons (Fsp3) is 0.462. The van der Waals surface area contributed by atoms with E-state index in [1.807, 2.05) is 38.6 Å². The molecular weight excluding hydrogens is 203 g/mol. The molecule has 0 saturated carbocycles. The minimum Gasteiger partial charge on any atom is -0.268 e. The fourth-order valence-electron chi connectivity index (χ4n) is 2.07. The van der Waals surface area contributed by atoms with Crippen molar-refractivity contribution in [3.05, 3.63) is 29.2 Å². The lowest BCUT2D eigenvalue weighted by Crippen LogP contribution is -1.95. The smallest absolute Gasteiger partial charge is 0.127 e. The van der Waals surface area contributed by atoms with Gasteiger partial charge in [0.15, 0.2) is 0 Å². The minimum absolute atomic E-state index is 0.120. The Hall–Kier alpha value is -1.38. The van der Waals surface area contributed by atoms with E-state index >= 15 is 0 Å². The van der Waals surface area contributed by atoms with Crippen LogP contribution in [-0.2, 0) is 13.5 Å². The van der Waals surface area contributed by atoms with Gasteiger partial charge in [0.25, 0.3) is 0 Å². The number of nitrogens with zero attached hydrogens (tertiary/aromatic N) is 2. The third-order valence-corrected chi connectivity index (χ3v) is 3.00. The first-order valence-corrected chi connectivity index (χ1v) is 5.69. The molecule has 0 radical (unpaired) electrons. The van der Waals surface area contributed by atoms with E-state index in [-0.39, 0.29) is 11.7 Å². The first-order valence-electron chi connectivity index (χ1n) is 5.69. The second-order valence-electron chi connectivity index (χ2n) is 4.47. The monoisotopic (exact) mass is 220 g/mol. The van der Waals surface area contributed by atoms with E-state index in [2.05, 4.69) is 5.10 Å². The molecule has 1 aromatic carbocycles. The molecule has 1 aromatic heterocycles. The molecule has 0 aliphatic heterocycles. The number of aryl methyl sites for hydroxylation is 2. The third kappa shape index (κ3) is 1.60. The van der Waals surface area contributed by atoms with Crippen molar-refractivity contribution in [3.63, 3.8) is 0 Å². The average Bonchev–Trinajstić information content (AvgIpc) is 2.53. The summed E-state index contributed by atoms with van der Waals surface area (Å²) in [5.74, 6) is 0.0783. The zero-order chi connectivity index (χ0) is 11.9. The number of halogens is 1.